The zero-order valence-corrected chi connectivity index (χ0v) is 25.4. The maximum Gasteiger partial charge on any atom is 0.253 e. The van der Waals surface area contributed by atoms with Gasteiger partial charge in [0.15, 0.2) is 5.82 Å². The van der Waals surface area contributed by atoms with Crippen molar-refractivity contribution in [2.45, 2.75) is 37.1 Å². The summed E-state index contributed by atoms with van der Waals surface area (Å²) in [4.78, 5) is 30.6. The van der Waals surface area contributed by atoms with Gasteiger partial charge < -0.3 is 9.80 Å². The third-order valence-corrected chi connectivity index (χ3v) is 10.2. The van der Waals surface area contributed by atoms with E-state index >= 15 is 0 Å². The van der Waals surface area contributed by atoms with Gasteiger partial charge in [0.1, 0.15) is 6.04 Å². The lowest BCUT2D eigenvalue weighted by molar-refractivity contribution is -0.132. The van der Waals surface area contributed by atoms with Gasteiger partial charge in [0, 0.05) is 31.7 Å². The Labute approximate surface area is 255 Å². The second-order valence-corrected chi connectivity index (χ2v) is 13.6. The van der Waals surface area contributed by atoms with Crippen LogP contribution >= 0.6 is 23.2 Å². The van der Waals surface area contributed by atoms with Crippen molar-refractivity contribution in [1.29, 1.82) is 0 Å². The number of hydrogen-bond acceptors (Lipinski definition) is 4. The summed E-state index contributed by atoms with van der Waals surface area (Å²) in [5, 5.41) is -0.399. The smallest absolute Gasteiger partial charge is 0.253 e. The van der Waals surface area contributed by atoms with E-state index in [2.05, 4.69) is 4.72 Å². The highest BCUT2D eigenvalue weighted by Crippen LogP contribution is 2.33. The van der Waals surface area contributed by atoms with E-state index in [1.54, 1.807) is 21.9 Å². The summed E-state index contributed by atoms with van der Waals surface area (Å²) >= 11 is 11.8. The van der Waals surface area contributed by atoms with E-state index in [-0.39, 0.29) is 50.6 Å². The van der Waals surface area contributed by atoms with Gasteiger partial charge in [0.2, 0.25) is 15.9 Å². The minimum atomic E-state index is -3.94. The molecule has 0 saturated carbocycles. The Hall–Kier alpha value is -2.98. The summed E-state index contributed by atoms with van der Waals surface area (Å²) in [6.07, 6.45) is 1.59. The average molecular weight is 633 g/mol. The number of sulfonamides is 1. The lowest BCUT2D eigenvalue weighted by Crippen LogP contribution is -2.49. The molecule has 2 aliphatic rings. The number of rotatable bonds is 7. The van der Waals surface area contributed by atoms with Crippen LogP contribution in [0, 0.1) is 24.6 Å². The first-order valence-corrected chi connectivity index (χ1v) is 16.1. The van der Waals surface area contributed by atoms with Crippen LogP contribution in [-0.4, -0.2) is 62.3 Å². The fourth-order valence-corrected chi connectivity index (χ4v) is 7.49. The van der Waals surface area contributed by atoms with E-state index in [4.69, 9.17) is 23.2 Å². The molecule has 2 heterocycles. The van der Waals surface area contributed by atoms with E-state index in [1.807, 2.05) is 37.3 Å². The number of amides is 2. The molecular weight excluding hydrogens is 600 g/mol. The first-order valence-electron chi connectivity index (χ1n) is 13.9. The number of carbonyl (C=O) groups excluding carboxylic acids is 2. The standard InChI is InChI=1S/C31H32Cl2FN3O4S/c1-20-7-9-25(10-8-20)42(40,41)35-28(15-21-5-3-2-4-6-21)31(39)37-18-22-11-13-36(14-12-23(22)19-37)30(38)24-16-26(32)29(34)27(33)17-24/h2-10,16-17,22-23,28,35H,11-15,18-19H2,1H3/t22-,23+,28-/m0/s1. The zero-order chi connectivity index (χ0) is 30.0. The molecule has 7 nitrogen and oxygen atoms in total. The second-order valence-electron chi connectivity index (χ2n) is 11.1. The summed E-state index contributed by atoms with van der Waals surface area (Å²) < 4.78 is 43.1. The number of benzene rings is 3. The van der Waals surface area contributed by atoms with Gasteiger partial charge in [-0.05, 0) is 67.9 Å². The van der Waals surface area contributed by atoms with Crippen LogP contribution in [0.2, 0.25) is 10.0 Å². The molecule has 2 saturated heterocycles. The van der Waals surface area contributed by atoms with Crippen molar-refractivity contribution in [1.82, 2.24) is 14.5 Å². The first-order chi connectivity index (χ1) is 20.0. The molecule has 222 valence electrons. The molecule has 0 aromatic heterocycles. The highest BCUT2D eigenvalue weighted by Gasteiger charge is 2.40. The van der Waals surface area contributed by atoms with E-state index < -0.39 is 21.9 Å². The Morgan fingerprint density at radius 1 is 0.929 bits per heavy atom. The van der Waals surface area contributed by atoms with Gasteiger partial charge in [0.05, 0.1) is 14.9 Å². The minimum absolute atomic E-state index is 0.110. The molecule has 0 unspecified atom stereocenters. The summed E-state index contributed by atoms with van der Waals surface area (Å²) in [6, 6.07) is 17.5. The Kier molecular flexibility index (Phi) is 9.23. The summed E-state index contributed by atoms with van der Waals surface area (Å²) in [7, 11) is -3.94. The third kappa shape index (κ3) is 6.80. The fourth-order valence-electron chi connectivity index (χ4n) is 5.81. The molecule has 0 aliphatic carbocycles. The average Bonchev–Trinajstić information content (AvgIpc) is 3.28. The van der Waals surface area contributed by atoms with Crippen molar-refractivity contribution >= 4 is 45.0 Å². The van der Waals surface area contributed by atoms with E-state index in [1.165, 1.54) is 24.3 Å². The van der Waals surface area contributed by atoms with Gasteiger partial charge in [-0.15, -0.1) is 0 Å². The highest BCUT2D eigenvalue weighted by atomic mass is 35.5. The van der Waals surface area contributed by atoms with Crippen molar-refractivity contribution < 1.29 is 22.4 Å². The fraction of sp³-hybridized carbons (Fsp3) is 0.355. The van der Waals surface area contributed by atoms with Crippen LogP contribution in [0.3, 0.4) is 0 Å². The second kappa shape index (κ2) is 12.7. The molecule has 5 rings (SSSR count). The van der Waals surface area contributed by atoms with Gasteiger partial charge >= 0.3 is 0 Å². The topological polar surface area (TPSA) is 86.8 Å². The van der Waals surface area contributed by atoms with E-state index in [0.29, 0.717) is 39.0 Å². The van der Waals surface area contributed by atoms with Crippen molar-refractivity contribution in [2.75, 3.05) is 26.2 Å². The molecular formula is C31H32Cl2FN3O4S. The number of nitrogens with one attached hydrogen (secondary N) is 1. The molecule has 2 fully saturated rings. The monoisotopic (exact) mass is 631 g/mol. The maximum atomic E-state index is 13.9. The highest BCUT2D eigenvalue weighted by molar-refractivity contribution is 7.89. The van der Waals surface area contributed by atoms with Crippen LogP contribution < -0.4 is 4.72 Å². The third-order valence-electron chi connectivity index (χ3n) is 8.16. The summed E-state index contributed by atoms with van der Waals surface area (Å²) in [6.45, 7) is 3.79. The largest absolute Gasteiger partial charge is 0.341 e. The van der Waals surface area contributed by atoms with E-state index in [0.717, 1.165) is 11.1 Å². The molecule has 0 spiro atoms. The Bertz CT molecular complexity index is 1530. The van der Waals surface area contributed by atoms with Gasteiger partial charge in [-0.1, -0.05) is 71.2 Å². The van der Waals surface area contributed by atoms with Crippen LogP contribution in [0.1, 0.15) is 34.3 Å². The number of nitrogens with zero attached hydrogens (tertiary/aromatic N) is 2. The predicted octanol–water partition coefficient (Wildman–Crippen LogP) is 5.34. The van der Waals surface area contributed by atoms with Crippen LogP contribution in [0.15, 0.2) is 71.6 Å². The molecule has 1 N–H and O–H groups in total. The summed E-state index contributed by atoms with van der Waals surface area (Å²) in [5.41, 5.74) is 2.03. The number of aryl methyl sites for hydroxylation is 1. The SMILES string of the molecule is Cc1ccc(S(=O)(=O)N[C@@H](Cc2ccccc2)C(=O)N2C[C@H]3CCN(C(=O)c4cc(Cl)c(F)c(Cl)c4)CC[C@H]3C2)cc1. The van der Waals surface area contributed by atoms with Gasteiger partial charge in [-0.25, -0.2) is 12.8 Å². The van der Waals surface area contributed by atoms with Crippen LogP contribution in [0.4, 0.5) is 4.39 Å². The quantitative estimate of drug-likeness (QED) is 0.357. The Balaban J connectivity index is 1.28. The molecule has 11 heteroatoms. The van der Waals surface area contributed by atoms with Crippen molar-refractivity contribution in [3.05, 3.63) is 99.3 Å². The Morgan fingerprint density at radius 2 is 1.50 bits per heavy atom. The summed E-state index contributed by atoms with van der Waals surface area (Å²) in [5.74, 6) is -0.945. The molecule has 2 aliphatic heterocycles. The number of likely N-dealkylation sites (tertiary alicyclic amines) is 2. The number of halogens is 3. The zero-order valence-electron chi connectivity index (χ0n) is 23.1. The maximum absolute atomic E-state index is 13.9. The van der Waals surface area contributed by atoms with Crippen LogP contribution in [-0.2, 0) is 21.2 Å². The molecule has 3 aromatic rings. The minimum Gasteiger partial charge on any atom is -0.341 e. The van der Waals surface area contributed by atoms with Gasteiger partial charge in [-0.2, -0.15) is 4.72 Å². The molecule has 3 aromatic carbocycles. The molecule has 2 amide bonds. The lowest BCUT2D eigenvalue weighted by atomic mass is 9.92. The first kappa shape index (κ1) is 30.5. The van der Waals surface area contributed by atoms with Gasteiger partial charge in [0.25, 0.3) is 5.91 Å². The molecule has 0 bridgehead atoms. The lowest BCUT2D eigenvalue weighted by Gasteiger charge is -2.26. The molecule has 3 atom stereocenters. The Morgan fingerprint density at radius 3 is 2.07 bits per heavy atom. The normalized spacial score (nSPS) is 19.7. The molecule has 0 radical (unpaired) electrons. The van der Waals surface area contributed by atoms with Crippen molar-refractivity contribution in [3.63, 3.8) is 0 Å². The van der Waals surface area contributed by atoms with Gasteiger partial charge in [-0.3, -0.25) is 9.59 Å². The number of carbonyl (C=O) groups is 2. The number of hydrogen-bond donors (Lipinski definition) is 1. The van der Waals surface area contributed by atoms with E-state index in [9.17, 15) is 22.4 Å². The van der Waals surface area contributed by atoms with Crippen molar-refractivity contribution in [3.8, 4) is 0 Å². The van der Waals surface area contributed by atoms with Crippen LogP contribution in [0.5, 0.6) is 0 Å². The van der Waals surface area contributed by atoms with Crippen molar-refractivity contribution in [2.24, 2.45) is 11.8 Å². The van der Waals surface area contributed by atoms with Crippen LogP contribution in [0.25, 0.3) is 0 Å². The predicted molar refractivity (Wildman–Crippen MR) is 161 cm³/mol. The molecule has 42 heavy (non-hydrogen) atoms. The number of fused-ring (bicyclic) bond motifs is 1.